The maximum absolute atomic E-state index is 7.27. The SMILES string of the molecule is N=C=C(C=N)C1=NCCCCCCC1=C=N. The quantitative estimate of drug-likeness (QED) is 0.592. The van der Waals surface area contributed by atoms with E-state index in [-0.39, 0.29) is 0 Å². The van der Waals surface area contributed by atoms with Crippen molar-refractivity contribution in [2.24, 2.45) is 4.99 Å². The van der Waals surface area contributed by atoms with Gasteiger partial charge in [-0.3, -0.25) is 15.8 Å². The van der Waals surface area contributed by atoms with Crippen LogP contribution in [0.1, 0.15) is 32.1 Å². The molecule has 4 nitrogen and oxygen atoms in total. The van der Waals surface area contributed by atoms with Gasteiger partial charge >= 0.3 is 0 Å². The maximum atomic E-state index is 7.27. The lowest BCUT2D eigenvalue weighted by atomic mass is 10.00. The molecule has 0 radical (unpaired) electrons. The molecule has 0 bridgehead atoms. The van der Waals surface area contributed by atoms with Crippen LogP contribution in [0.2, 0.25) is 0 Å². The van der Waals surface area contributed by atoms with Crippen molar-refractivity contribution >= 4 is 23.7 Å². The Labute approximate surface area is 95.3 Å². The molecule has 0 aromatic rings. The van der Waals surface area contributed by atoms with E-state index in [0.717, 1.165) is 38.3 Å². The molecule has 0 saturated heterocycles. The summed E-state index contributed by atoms with van der Waals surface area (Å²) in [6, 6.07) is 0. The second-order valence-corrected chi connectivity index (χ2v) is 3.68. The Bertz CT molecular complexity index is 393. The highest BCUT2D eigenvalue weighted by molar-refractivity contribution is 6.30. The van der Waals surface area contributed by atoms with Gasteiger partial charge in [0.1, 0.15) is 0 Å². The van der Waals surface area contributed by atoms with Gasteiger partial charge in [-0.05, 0) is 31.0 Å². The summed E-state index contributed by atoms with van der Waals surface area (Å²) in [5.74, 6) is 4.59. The van der Waals surface area contributed by atoms with Crippen molar-refractivity contribution in [3.63, 3.8) is 0 Å². The first-order valence-electron chi connectivity index (χ1n) is 5.47. The van der Waals surface area contributed by atoms with Gasteiger partial charge in [0.2, 0.25) is 0 Å². The lowest BCUT2D eigenvalue weighted by molar-refractivity contribution is 0.658. The van der Waals surface area contributed by atoms with E-state index in [2.05, 4.69) is 16.7 Å². The molecule has 0 aromatic heterocycles. The number of rotatable bonds is 2. The van der Waals surface area contributed by atoms with Crippen LogP contribution >= 0.6 is 0 Å². The average Bonchev–Trinajstić information content (AvgIpc) is 2.43. The van der Waals surface area contributed by atoms with E-state index in [1.165, 1.54) is 0 Å². The van der Waals surface area contributed by atoms with Crippen molar-refractivity contribution in [2.75, 3.05) is 6.54 Å². The van der Waals surface area contributed by atoms with Gasteiger partial charge < -0.3 is 5.41 Å². The van der Waals surface area contributed by atoms with Gasteiger partial charge in [0.05, 0.1) is 11.3 Å². The highest BCUT2D eigenvalue weighted by atomic mass is 14.7. The number of allylic oxidation sites excluding steroid dienone is 2. The molecule has 4 heteroatoms. The lowest BCUT2D eigenvalue weighted by Crippen LogP contribution is -2.10. The van der Waals surface area contributed by atoms with Crippen LogP contribution in [0.5, 0.6) is 0 Å². The zero-order valence-electron chi connectivity index (χ0n) is 9.27. The summed E-state index contributed by atoms with van der Waals surface area (Å²) >= 11 is 0. The van der Waals surface area contributed by atoms with Crippen LogP contribution in [0.15, 0.2) is 16.1 Å². The van der Waals surface area contributed by atoms with Crippen LogP contribution in [0.4, 0.5) is 0 Å². The molecule has 1 aliphatic rings. The van der Waals surface area contributed by atoms with Crippen LogP contribution in [0.25, 0.3) is 0 Å². The molecule has 0 fully saturated rings. The minimum absolute atomic E-state index is 0.344. The van der Waals surface area contributed by atoms with E-state index in [0.29, 0.717) is 23.4 Å². The fourth-order valence-corrected chi connectivity index (χ4v) is 1.70. The van der Waals surface area contributed by atoms with Gasteiger partial charge in [-0.1, -0.05) is 12.8 Å². The molecule has 0 saturated carbocycles. The minimum Gasteiger partial charge on any atom is -0.307 e. The largest absolute Gasteiger partial charge is 0.307 e. The Balaban J connectivity index is 3.09. The Morgan fingerprint density at radius 3 is 2.56 bits per heavy atom. The summed E-state index contributed by atoms with van der Waals surface area (Å²) in [6.45, 7) is 0.694. The molecule has 0 aromatic carbocycles. The monoisotopic (exact) mass is 216 g/mol. The second kappa shape index (κ2) is 6.67. The Kier molecular flexibility index (Phi) is 5.13. The number of nitrogens with one attached hydrogen (secondary N) is 3. The molecule has 0 unspecified atom stereocenters. The van der Waals surface area contributed by atoms with Crippen molar-refractivity contribution in [3.8, 4) is 0 Å². The van der Waals surface area contributed by atoms with Crippen LogP contribution in [-0.4, -0.2) is 30.2 Å². The molecule has 1 rings (SSSR count). The number of nitrogens with zero attached hydrogens (tertiary/aromatic N) is 1. The van der Waals surface area contributed by atoms with Gasteiger partial charge in [-0.15, -0.1) is 0 Å². The molecule has 84 valence electrons. The zero-order chi connectivity index (χ0) is 11.8. The van der Waals surface area contributed by atoms with E-state index in [9.17, 15) is 0 Å². The van der Waals surface area contributed by atoms with E-state index in [1.807, 2.05) is 0 Å². The van der Waals surface area contributed by atoms with Crippen molar-refractivity contribution in [1.29, 1.82) is 16.2 Å². The Hall–Kier alpha value is -1.76. The first-order chi connectivity index (χ1) is 7.83. The molecule has 0 amide bonds. The molecule has 1 aliphatic heterocycles. The molecule has 3 N–H and O–H groups in total. The molecular weight excluding hydrogens is 200 g/mol. The minimum atomic E-state index is 0.344. The van der Waals surface area contributed by atoms with Crippen LogP contribution in [0.3, 0.4) is 0 Å². The molecule has 0 spiro atoms. The summed E-state index contributed by atoms with van der Waals surface area (Å²) in [7, 11) is 0. The second-order valence-electron chi connectivity index (χ2n) is 3.68. The third-order valence-corrected chi connectivity index (χ3v) is 2.58. The van der Waals surface area contributed by atoms with E-state index >= 15 is 0 Å². The average molecular weight is 216 g/mol. The van der Waals surface area contributed by atoms with Crippen LogP contribution in [-0.2, 0) is 0 Å². The first kappa shape index (κ1) is 12.3. The standard InChI is InChI=1S/C12H16N4/c13-7-10-5-3-1-2-4-6-16-12(10)11(8-14)9-15/h8,13-15H,1-6H2. The Morgan fingerprint density at radius 1 is 1.19 bits per heavy atom. The summed E-state index contributed by atoms with van der Waals surface area (Å²) in [5.41, 5.74) is 1.60. The normalized spacial score (nSPS) is 17.0. The van der Waals surface area contributed by atoms with Gasteiger partial charge in [0.15, 0.2) is 0 Å². The zero-order valence-corrected chi connectivity index (χ0v) is 9.27. The van der Waals surface area contributed by atoms with Crippen molar-refractivity contribution in [1.82, 2.24) is 0 Å². The fraction of sp³-hybridized carbons (Fsp3) is 0.500. The van der Waals surface area contributed by atoms with Gasteiger partial charge in [0, 0.05) is 18.3 Å². The van der Waals surface area contributed by atoms with E-state index in [1.54, 1.807) is 0 Å². The predicted octanol–water partition coefficient (Wildman–Crippen LogP) is 2.39. The van der Waals surface area contributed by atoms with Crippen molar-refractivity contribution < 1.29 is 0 Å². The third kappa shape index (κ3) is 3.13. The smallest absolute Gasteiger partial charge is 0.0879 e. The molecular formula is C12H16N4. The maximum Gasteiger partial charge on any atom is 0.0879 e. The highest BCUT2D eigenvalue weighted by Crippen LogP contribution is 2.15. The molecule has 16 heavy (non-hydrogen) atoms. The predicted molar refractivity (Wildman–Crippen MR) is 66.7 cm³/mol. The van der Waals surface area contributed by atoms with Crippen LogP contribution < -0.4 is 0 Å². The highest BCUT2D eigenvalue weighted by Gasteiger charge is 2.12. The van der Waals surface area contributed by atoms with E-state index in [4.69, 9.17) is 16.2 Å². The fourth-order valence-electron chi connectivity index (χ4n) is 1.70. The van der Waals surface area contributed by atoms with Crippen LogP contribution in [0, 0.1) is 16.2 Å². The number of hydrogen-bond donors (Lipinski definition) is 3. The van der Waals surface area contributed by atoms with Crippen molar-refractivity contribution in [3.05, 3.63) is 11.1 Å². The number of hydrogen-bond acceptors (Lipinski definition) is 4. The summed E-state index contributed by atoms with van der Waals surface area (Å²) in [5, 5.41) is 21.6. The number of aliphatic imine (C=N–C) groups is 1. The molecule has 0 aliphatic carbocycles. The van der Waals surface area contributed by atoms with E-state index < -0.39 is 0 Å². The van der Waals surface area contributed by atoms with Crippen molar-refractivity contribution in [2.45, 2.75) is 32.1 Å². The topological polar surface area (TPSA) is 83.9 Å². The van der Waals surface area contributed by atoms with Gasteiger partial charge in [0.25, 0.3) is 0 Å². The van der Waals surface area contributed by atoms with Gasteiger partial charge in [-0.2, -0.15) is 0 Å². The molecule has 1 heterocycles. The summed E-state index contributed by atoms with van der Waals surface area (Å²) in [4.78, 5) is 4.36. The van der Waals surface area contributed by atoms with Gasteiger partial charge in [-0.25, -0.2) is 0 Å². The summed E-state index contributed by atoms with van der Waals surface area (Å²) in [6.07, 6.45) is 6.16. The third-order valence-electron chi connectivity index (χ3n) is 2.58. The first-order valence-corrected chi connectivity index (χ1v) is 5.47. The summed E-state index contributed by atoms with van der Waals surface area (Å²) < 4.78 is 0. The molecule has 0 atom stereocenters. The lowest BCUT2D eigenvalue weighted by Gasteiger charge is -2.05. The Morgan fingerprint density at radius 2 is 1.94 bits per heavy atom.